The van der Waals surface area contributed by atoms with Gasteiger partial charge in [-0.2, -0.15) is 16.8 Å². The third-order valence-electron chi connectivity index (χ3n) is 4.95. The molecule has 0 spiro atoms. The molecular weight excluding hydrogens is 440 g/mol. The van der Waals surface area contributed by atoms with Crippen LogP contribution >= 0.6 is 0 Å². The third kappa shape index (κ3) is 8.25. The predicted molar refractivity (Wildman–Crippen MR) is 119 cm³/mol. The fourth-order valence-corrected chi connectivity index (χ4v) is 4.60. The summed E-state index contributed by atoms with van der Waals surface area (Å²) in [5.41, 5.74) is 0.731. The van der Waals surface area contributed by atoms with Crippen molar-refractivity contribution in [3.63, 3.8) is 0 Å². The van der Waals surface area contributed by atoms with Crippen molar-refractivity contribution in [3.05, 3.63) is 48.0 Å². The Labute approximate surface area is 185 Å². The maximum atomic E-state index is 11.9. The second-order valence-corrected chi connectivity index (χ2v) is 10.3. The van der Waals surface area contributed by atoms with Gasteiger partial charge in [0.1, 0.15) is 21.3 Å². The van der Waals surface area contributed by atoms with Gasteiger partial charge in [0.25, 0.3) is 20.2 Å². The number of ether oxygens (including phenoxy) is 1. The van der Waals surface area contributed by atoms with Crippen LogP contribution in [0.5, 0.6) is 11.5 Å². The third-order valence-corrected chi connectivity index (χ3v) is 6.72. The van der Waals surface area contributed by atoms with E-state index in [0.717, 1.165) is 30.9 Å². The molecule has 0 bridgehead atoms. The molecule has 9 heteroatoms. The van der Waals surface area contributed by atoms with Crippen LogP contribution in [0.3, 0.4) is 0 Å². The van der Waals surface area contributed by atoms with E-state index in [0.29, 0.717) is 6.42 Å². The number of hydrogen-bond donors (Lipinski definition) is 2. The molecule has 2 rings (SSSR count). The lowest BCUT2D eigenvalue weighted by atomic mass is 10.0. The monoisotopic (exact) mass is 470 g/mol. The van der Waals surface area contributed by atoms with Crippen molar-refractivity contribution in [2.45, 2.75) is 74.5 Å². The van der Waals surface area contributed by atoms with Crippen LogP contribution in [0, 0.1) is 0 Å². The zero-order chi connectivity index (χ0) is 22.9. The van der Waals surface area contributed by atoms with E-state index in [9.17, 15) is 25.9 Å². The van der Waals surface area contributed by atoms with Gasteiger partial charge in [0, 0.05) is 0 Å². The summed E-state index contributed by atoms with van der Waals surface area (Å²) in [5, 5.41) is 0. The van der Waals surface area contributed by atoms with Crippen molar-refractivity contribution in [1.29, 1.82) is 0 Å². The van der Waals surface area contributed by atoms with E-state index in [1.54, 1.807) is 6.07 Å². The molecule has 0 aliphatic carbocycles. The number of aryl methyl sites for hydroxylation is 1. The molecule has 0 aromatic heterocycles. The van der Waals surface area contributed by atoms with E-state index in [4.69, 9.17) is 4.74 Å². The maximum absolute atomic E-state index is 11.9. The molecule has 0 aliphatic heterocycles. The maximum Gasteiger partial charge on any atom is 0.298 e. The summed E-state index contributed by atoms with van der Waals surface area (Å²) in [4.78, 5) is -0.950. The van der Waals surface area contributed by atoms with E-state index in [1.807, 2.05) is 0 Å². The Morgan fingerprint density at radius 2 is 1.26 bits per heavy atom. The summed E-state index contributed by atoms with van der Waals surface area (Å²) in [6, 6.07) is 9.69. The Hall–Kier alpha value is -1.94. The number of hydrogen-bond acceptors (Lipinski definition) is 5. The van der Waals surface area contributed by atoms with Crippen LogP contribution < -0.4 is 4.74 Å². The van der Waals surface area contributed by atoms with Gasteiger partial charge in [0.2, 0.25) is 0 Å². The number of unbranched alkanes of at least 4 members (excludes halogenated alkanes) is 7. The molecule has 0 saturated carbocycles. The Morgan fingerprint density at radius 1 is 0.710 bits per heavy atom. The highest BCUT2D eigenvalue weighted by Gasteiger charge is 2.21. The van der Waals surface area contributed by atoms with Crippen molar-refractivity contribution in [3.8, 4) is 11.5 Å². The molecule has 0 unspecified atom stereocenters. The summed E-state index contributed by atoms with van der Waals surface area (Å²) < 4.78 is 71.3. The summed E-state index contributed by atoms with van der Waals surface area (Å²) in [7, 11) is -9.18. The normalized spacial score (nSPS) is 12.1. The first-order chi connectivity index (χ1) is 14.6. The summed E-state index contributed by atoms with van der Waals surface area (Å²) in [5.74, 6) is -0.469. The van der Waals surface area contributed by atoms with Crippen LogP contribution in [-0.2, 0) is 26.7 Å². The smallest absolute Gasteiger partial charge is 0.298 e. The van der Waals surface area contributed by atoms with Crippen LogP contribution in [0.2, 0.25) is 0 Å². The Bertz CT molecular complexity index is 1060. The van der Waals surface area contributed by atoms with Crippen LogP contribution in [0.25, 0.3) is 0 Å². The second-order valence-electron chi connectivity index (χ2n) is 7.50. The highest BCUT2D eigenvalue weighted by Crippen LogP contribution is 2.33. The lowest BCUT2D eigenvalue weighted by Gasteiger charge is -2.13. The topological polar surface area (TPSA) is 118 Å². The van der Waals surface area contributed by atoms with Crippen molar-refractivity contribution in [2.24, 2.45) is 0 Å². The average molecular weight is 471 g/mol. The van der Waals surface area contributed by atoms with Gasteiger partial charge in [-0.1, -0.05) is 70.1 Å². The quantitative estimate of drug-likeness (QED) is 0.287. The van der Waals surface area contributed by atoms with Gasteiger partial charge in [0.15, 0.2) is 0 Å². The zero-order valence-corrected chi connectivity index (χ0v) is 19.3. The van der Waals surface area contributed by atoms with E-state index in [1.165, 1.54) is 62.4 Å². The zero-order valence-electron chi connectivity index (χ0n) is 17.7. The van der Waals surface area contributed by atoms with E-state index >= 15 is 0 Å². The summed E-state index contributed by atoms with van der Waals surface area (Å²) in [6.07, 6.45) is 9.88. The molecule has 0 amide bonds. The average Bonchev–Trinajstić information content (AvgIpc) is 2.70. The van der Waals surface area contributed by atoms with Crippen LogP contribution in [0.4, 0.5) is 0 Å². The van der Waals surface area contributed by atoms with Gasteiger partial charge in [-0.15, -0.1) is 0 Å². The van der Waals surface area contributed by atoms with Crippen molar-refractivity contribution >= 4 is 20.2 Å². The van der Waals surface area contributed by atoms with Crippen molar-refractivity contribution < 1.29 is 30.7 Å². The first-order valence-corrected chi connectivity index (χ1v) is 13.4. The summed E-state index contributed by atoms with van der Waals surface area (Å²) >= 11 is 0. The minimum Gasteiger partial charge on any atom is -0.454 e. The Balaban J connectivity index is 2.10. The fourth-order valence-electron chi connectivity index (χ4n) is 3.32. The van der Waals surface area contributed by atoms with Gasteiger partial charge >= 0.3 is 0 Å². The standard InChI is InChI=1S/C22H30O7S2/c1-2-3-4-5-6-7-8-9-12-18-15-16-20(22(17-18)31(26,27)28)29-19-13-10-11-14-21(19)30(23,24)25/h10-11,13-17H,2-9,12H2,1H3,(H,23,24,25)(H,26,27,28). The molecular formula is C22H30O7S2. The van der Waals surface area contributed by atoms with Gasteiger partial charge in [-0.05, 0) is 42.7 Å². The molecule has 7 nitrogen and oxygen atoms in total. The molecule has 0 heterocycles. The highest BCUT2D eigenvalue weighted by molar-refractivity contribution is 7.86. The van der Waals surface area contributed by atoms with Crippen LogP contribution in [-0.4, -0.2) is 25.9 Å². The van der Waals surface area contributed by atoms with Crippen LogP contribution in [0.1, 0.15) is 63.9 Å². The van der Waals surface area contributed by atoms with Crippen molar-refractivity contribution in [1.82, 2.24) is 0 Å². The highest BCUT2D eigenvalue weighted by atomic mass is 32.2. The Morgan fingerprint density at radius 3 is 1.87 bits per heavy atom. The minimum absolute atomic E-state index is 0.224. The first kappa shape index (κ1) is 25.3. The number of rotatable bonds is 13. The molecule has 0 saturated heterocycles. The lowest BCUT2D eigenvalue weighted by molar-refractivity contribution is 0.434. The predicted octanol–water partition coefficient (Wildman–Crippen LogP) is 5.66. The number of benzene rings is 2. The van der Waals surface area contributed by atoms with Gasteiger partial charge < -0.3 is 4.74 Å². The molecule has 31 heavy (non-hydrogen) atoms. The minimum atomic E-state index is -4.61. The van der Waals surface area contributed by atoms with E-state index in [-0.39, 0.29) is 11.5 Å². The molecule has 2 N–H and O–H groups in total. The molecule has 0 fully saturated rings. The lowest BCUT2D eigenvalue weighted by Crippen LogP contribution is -2.05. The van der Waals surface area contributed by atoms with E-state index < -0.39 is 30.0 Å². The fraction of sp³-hybridized carbons (Fsp3) is 0.455. The molecule has 0 atom stereocenters. The van der Waals surface area contributed by atoms with Crippen LogP contribution in [0.15, 0.2) is 52.3 Å². The van der Waals surface area contributed by atoms with Gasteiger partial charge in [-0.3, -0.25) is 9.11 Å². The molecule has 172 valence electrons. The van der Waals surface area contributed by atoms with E-state index in [2.05, 4.69) is 6.92 Å². The SMILES string of the molecule is CCCCCCCCCCc1ccc(Oc2ccccc2S(=O)(=O)O)c(S(=O)(=O)O)c1. The van der Waals surface area contributed by atoms with Crippen molar-refractivity contribution in [2.75, 3.05) is 0 Å². The molecule has 2 aromatic rings. The molecule has 0 radical (unpaired) electrons. The largest absolute Gasteiger partial charge is 0.454 e. The number of para-hydroxylation sites is 1. The first-order valence-electron chi connectivity index (χ1n) is 10.5. The second kappa shape index (κ2) is 11.6. The molecule has 2 aromatic carbocycles. The summed E-state index contributed by atoms with van der Waals surface area (Å²) in [6.45, 7) is 2.18. The Kier molecular flexibility index (Phi) is 9.49. The van der Waals surface area contributed by atoms with Gasteiger partial charge in [0.05, 0.1) is 0 Å². The van der Waals surface area contributed by atoms with Gasteiger partial charge in [-0.25, -0.2) is 0 Å². The molecule has 0 aliphatic rings.